The van der Waals surface area contributed by atoms with Gasteiger partial charge in [-0.3, -0.25) is 9.59 Å². The Morgan fingerprint density at radius 2 is 1.13 bits per heavy atom. The zero-order valence-electron chi connectivity index (χ0n) is 19.0. The van der Waals surface area contributed by atoms with Crippen molar-refractivity contribution in [1.29, 1.82) is 0 Å². The Balaban J connectivity index is 1.82. The molecule has 0 aromatic heterocycles. The Hall–Kier alpha value is -1.84. The summed E-state index contributed by atoms with van der Waals surface area (Å²) in [5.41, 5.74) is 0. The number of para-hydroxylation sites is 1. The highest BCUT2D eigenvalue weighted by Crippen LogP contribution is 2.13. The molecule has 0 saturated heterocycles. The van der Waals surface area contributed by atoms with E-state index >= 15 is 0 Å². The van der Waals surface area contributed by atoms with Gasteiger partial charge in [0, 0.05) is 12.8 Å². The molecule has 170 valence electrons. The molecule has 1 aromatic rings. The van der Waals surface area contributed by atoms with E-state index in [2.05, 4.69) is 6.92 Å². The fourth-order valence-electron chi connectivity index (χ4n) is 3.41. The van der Waals surface area contributed by atoms with E-state index in [-0.39, 0.29) is 11.9 Å². The van der Waals surface area contributed by atoms with Crippen LogP contribution in [0.15, 0.2) is 30.3 Å². The van der Waals surface area contributed by atoms with Gasteiger partial charge in [-0.2, -0.15) is 0 Å². The van der Waals surface area contributed by atoms with Gasteiger partial charge in [-0.05, 0) is 31.4 Å². The van der Waals surface area contributed by atoms with Crippen molar-refractivity contribution in [2.24, 2.45) is 0 Å². The monoisotopic (exact) mass is 418 g/mol. The maximum Gasteiger partial charge on any atom is 0.311 e. The number of rotatable bonds is 19. The first-order valence-corrected chi connectivity index (χ1v) is 12.1. The number of hydrogen-bond acceptors (Lipinski definition) is 4. The second-order valence-corrected chi connectivity index (χ2v) is 8.10. The Morgan fingerprint density at radius 1 is 0.633 bits per heavy atom. The SMILES string of the molecule is CCCCCCCCCCCCCCOC(=O)CCCCC(=O)Oc1ccccc1. The number of carbonyl (C=O) groups is 2. The molecule has 0 saturated carbocycles. The Bertz CT molecular complexity index is 541. The lowest BCUT2D eigenvalue weighted by atomic mass is 10.1. The van der Waals surface area contributed by atoms with Crippen molar-refractivity contribution in [3.8, 4) is 5.75 Å². The van der Waals surface area contributed by atoms with Crippen molar-refractivity contribution in [2.75, 3.05) is 6.61 Å². The molecule has 0 N–H and O–H groups in total. The lowest BCUT2D eigenvalue weighted by Crippen LogP contribution is -2.09. The first kappa shape index (κ1) is 26.2. The molecular weight excluding hydrogens is 376 g/mol. The second kappa shape index (κ2) is 19.1. The fourth-order valence-corrected chi connectivity index (χ4v) is 3.41. The molecule has 1 aromatic carbocycles. The molecule has 0 unspecified atom stereocenters. The van der Waals surface area contributed by atoms with Crippen molar-refractivity contribution in [3.63, 3.8) is 0 Å². The molecule has 0 fully saturated rings. The summed E-state index contributed by atoms with van der Waals surface area (Å²) in [5.74, 6) is 0.143. The topological polar surface area (TPSA) is 52.6 Å². The summed E-state index contributed by atoms with van der Waals surface area (Å²) < 4.78 is 10.5. The van der Waals surface area contributed by atoms with Gasteiger partial charge in [0.15, 0.2) is 0 Å². The number of carbonyl (C=O) groups excluding carboxylic acids is 2. The van der Waals surface area contributed by atoms with Crippen LogP contribution >= 0.6 is 0 Å². The third-order valence-electron chi connectivity index (χ3n) is 5.25. The van der Waals surface area contributed by atoms with Gasteiger partial charge in [0.2, 0.25) is 0 Å². The molecule has 4 nitrogen and oxygen atoms in total. The number of benzene rings is 1. The largest absolute Gasteiger partial charge is 0.466 e. The summed E-state index contributed by atoms with van der Waals surface area (Å²) in [6.45, 7) is 2.78. The van der Waals surface area contributed by atoms with Crippen LogP contribution in [0.3, 0.4) is 0 Å². The van der Waals surface area contributed by atoms with Gasteiger partial charge in [0.25, 0.3) is 0 Å². The molecule has 0 amide bonds. The van der Waals surface area contributed by atoms with E-state index in [0.717, 1.165) is 12.8 Å². The van der Waals surface area contributed by atoms with Crippen molar-refractivity contribution in [1.82, 2.24) is 0 Å². The van der Waals surface area contributed by atoms with Crippen LogP contribution in [0.4, 0.5) is 0 Å². The lowest BCUT2D eigenvalue weighted by molar-refractivity contribution is -0.144. The quantitative estimate of drug-likeness (QED) is 0.133. The van der Waals surface area contributed by atoms with Crippen molar-refractivity contribution in [3.05, 3.63) is 30.3 Å². The summed E-state index contributed by atoms with van der Waals surface area (Å²) in [7, 11) is 0. The van der Waals surface area contributed by atoms with Gasteiger partial charge in [-0.1, -0.05) is 95.8 Å². The van der Waals surface area contributed by atoms with Gasteiger partial charge >= 0.3 is 11.9 Å². The van der Waals surface area contributed by atoms with Crippen molar-refractivity contribution < 1.29 is 19.1 Å². The standard InChI is InChI=1S/C26H42O4/c1-2-3-4-5-6-7-8-9-10-11-12-18-23-29-25(27)21-16-17-22-26(28)30-24-19-14-13-15-20-24/h13-15,19-20H,2-12,16-18,21-23H2,1H3. The molecule has 0 aliphatic rings. The van der Waals surface area contributed by atoms with E-state index in [1.807, 2.05) is 18.2 Å². The minimum Gasteiger partial charge on any atom is -0.466 e. The Morgan fingerprint density at radius 3 is 1.70 bits per heavy atom. The summed E-state index contributed by atoms with van der Waals surface area (Å²) in [6, 6.07) is 9.04. The minimum absolute atomic E-state index is 0.158. The van der Waals surface area contributed by atoms with Gasteiger partial charge < -0.3 is 9.47 Å². The molecule has 0 heterocycles. The lowest BCUT2D eigenvalue weighted by Gasteiger charge is -2.06. The minimum atomic E-state index is -0.258. The van der Waals surface area contributed by atoms with Crippen LogP contribution in [0.25, 0.3) is 0 Å². The Kier molecular flexibility index (Phi) is 16.7. The van der Waals surface area contributed by atoms with E-state index in [1.54, 1.807) is 12.1 Å². The number of unbranched alkanes of at least 4 members (excludes halogenated alkanes) is 12. The molecule has 0 aliphatic carbocycles. The van der Waals surface area contributed by atoms with E-state index in [4.69, 9.17) is 9.47 Å². The van der Waals surface area contributed by atoms with Crippen LogP contribution in [0.2, 0.25) is 0 Å². The molecule has 0 radical (unpaired) electrons. The summed E-state index contributed by atoms with van der Waals surface area (Å²) in [6.07, 6.45) is 17.6. The van der Waals surface area contributed by atoms with E-state index in [9.17, 15) is 9.59 Å². The number of esters is 2. The summed E-state index contributed by atoms with van der Waals surface area (Å²) in [5, 5.41) is 0. The number of ether oxygens (including phenoxy) is 2. The molecule has 0 spiro atoms. The first-order chi connectivity index (χ1) is 14.7. The highest BCUT2D eigenvalue weighted by molar-refractivity contribution is 5.72. The van der Waals surface area contributed by atoms with E-state index in [1.165, 1.54) is 64.2 Å². The van der Waals surface area contributed by atoms with Crippen LogP contribution in [0, 0.1) is 0 Å². The normalized spacial score (nSPS) is 10.7. The van der Waals surface area contributed by atoms with Crippen LogP contribution in [-0.2, 0) is 14.3 Å². The molecule has 0 atom stereocenters. The van der Waals surface area contributed by atoms with Gasteiger partial charge in [0.1, 0.15) is 5.75 Å². The molecule has 1 rings (SSSR count). The first-order valence-electron chi connectivity index (χ1n) is 12.1. The van der Waals surface area contributed by atoms with Crippen LogP contribution in [0.5, 0.6) is 5.75 Å². The maximum absolute atomic E-state index is 11.7. The number of hydrogen-bond donors (Lipinski definition) is 0. The smallest absolute Gasteiger partial charge is 0.311 e. The van der Waals surface area contributed by atoms with Crippen LogP contribution in [0.1, 0.15) is 110 Å². The van der Waals surface area contributed by atoms with Crippen molar-refractivity contribution in [2.45, 2.75) is 110 Å². The molecular formula is C26H42O4. The highest BCUT2D eigenvalue weighted by Gasteiger charge is 2.07. The third-order valence-corrected chi connectivity index (χ3v) is 5.25. The average Bonchev–Trinajstić information content (AvgIpc) is 2.75. The fraction of sp³-hybridized carbons (Fsp3) is 0.692. The maximum atomic E-state index is 11.7. The molecule has 0 bridgehead atoms. The molecule has 0 aliphatic heterocycles. The zero-order valence-corrected chi connectivity index (χ0v) is 19.0. The predicted octanol–water partition coefficient (Wildman–Crippen LogP) is 7.40. The van der Waals surface area contributed by atoms with Gasteiger partial charge in [-0.25, -0.2) is 0 Å². The second-order valence-electron chi connectivity index (χ2n) is 8.10. The highest BCUT2D eigenvalue weighted by atomic mass is 16.5. The van der Waals surface area contributed by atoms with Gasteiger partial charge in [-0.15, -0.1) is 0 Å². The van der Waals surface area contributed by atoms with Crippen LogP contribution in [-0.4, -0.2) is 18.5 Å². The molecule has 4 heteroatoms. The van der Waals surface area contributed by atoms with E-state index in [0.29, 0.717) is 38.0 Å². The van der Waals surface area contributed by atoms with Gasteiger partial charge in [0.05, 0.1) is 6.61 Å². The zero-order chi connectivity index (χ0) is 21.7. The predicted molar refractivity (Wildman–Crippen MR) is 123 cm³/mol. The van der Waals surface area contributed by atoms with Crippen LogP contribution < -0.4 is 4.74 Å². The third kappa shape index (κ3) is 16.0. The molecule has 30 heavy (non-hydrogen) atoms. The summed E-state index contributed by atoms with van der Waals surface area (Å²) in [4.78, 5) is 23.5. The average molecular weight is 419 g/mol. The summed E-state index contributed by atoms with van der Waals surface area (Å²) >= 11 is 0. The van der Waals surface area contributed by atoms with E-state index < -0.39 is 0 Å². The Labute approximate surface area is 183 Å². The van der Waals surface area contributed by atoms with Crippen molar-refractivity contribution >= 4 is 11.9 Å².